The number of sulfone groups is 2. The summed E-state index contributed by atoms with van der Waals surface area (Å²) in [5, 5.41) is 3.10. The Morgan fingerprint density at radius 2 is 1.41 bits per heavy atom. The van der Waals surface area contributed by atoms with Crippen LogP contribution in [0.4, 0.5) is 0 Å². The summed E-state index contributed by atoms with van der Waals surface area (Å²) in [4.78, 5) is 0.0627. The molecule has 1 aromatic carbocycles. The molecule has 3 saturated heterocycles. The Kier molecular flexibility index (Phi) is 4.47. The normalized spacial score (nSPS) is 34.9. The molecule has 0 amide bonds. The third kappa shape index (κ3) is 3.33. The minimum absolute atomic E-state index is 0.0627. The van der Waals surface area contributed by atoms with E-state index in [-0.39, 0.29) is 27.9 Å². The topological polar surface area (TPSA) is 118 Å². The summed E-state index contributed by atoms with van der Waals surface area (Å²) in [5.74, 6) is -0.941. The standard InChI is InChI=1S/C16H22N2O6S3/c1-2-11-3-5-12(6-4-11)27(23,24)18-15-9-25(19,20)7-13(15)17-14-8-26(21,22)10-16(14)18/h3-6,13-17H,2,7-10H2,1H3/t13-,14+,15+,16-. The maximum absolute atomic E-state index is 13.4. The highest BCUT2D eigenvalue weighted by atomic mass is 32.2. The van der Waals surface area contributed by atoms with Crippen LogP contribution < -0.4 is 5.32 Å². The van der Waals surface area contributed by atoms with Gasteiger partial charge in [-0.2, -0.15) is 4.31 Å². The molecule has 0 aliphatic carbocycles. The van der Waals surface area contributed by atoms with Crippen LogP contribution in [-0.4, -0.2) is 76.7 Å². The van der Waals surface area contributed by atoms with E-state index in [0.29, 0.717) is 0 Å². The first kappa shape index (κ1) is 19.3. The summed E-state index contributed by atoms with van der Waals surface area (Å²) in [5.41, 5.74) is 0.983. The number of sulfonamides is 1. The number of aryl methyl sites for hydroxylation is 1. The maximum Gasteiger partial charge on any atom is 0.243 e. The molecule has 3 aliphatic rings. The zero-order valence-corrected chi connectivity index (χ0v) is 17.2. The van der Waals surface area contributed by atoms with Crippen molar-refractivity contribution >= 4 is 29.7 Å². The van der Waals surface area contributed by atoms with Crippen LogP contribution in [0.2, 0.25) is 0 Å². The van der Waals surface area contributed by atoms with Crippen LogP contribution in [0.5, 0.6) is 0 Å². The van der Waals surface area contributed by atoms with Gasteiger partial charge in [0.1, 0.15) is 0 Å². The van der Waals surface area contributed by atoms with Crippen molar-refractivity contribution in [3.8, 4) is 0 Å². The number of nitrogens with one attached hydrogen (secondary N) is 1. The van der Waals surface area contributed by atoms with Crippen molar-refractivity contribution in [2.45, 2.75) is 42.4 Å². The molecule has 150 valence electrons. The number of hydrogen-bond acceptors (Lipinski definition) is 7. The quantitative estimate of drug-likeness (QED) is 0.660. The Balaban J connectivity index is 1.80. The van der Waals surface area contributed by atoms with Crippen LogP contribution in [0, 0.1) is 0 Å². The van der Waals surface area contributed by atoms with Crippen molar-refractivity contribution < 1.29 is 25.3 Å². The Morgan fingerprint density at radius 1 is 0.926 bits per heavy atom. The zero-order valence-electron chi connectivity index (χ0n) is 14.8. The molecule has 3 fully saturated rings. The second kappa shape index (κ2) is 6.24. The van der Waals surface area contributed by atoms with E-state index < -0.39 is 53.9 Å². The third-order valence-corrected chi connectivity index (χ3v) is 11.0. The second-order valence-electron chi connectivity index (χ2n) is 7.50. The fourth-order valence-electron chi connectivity index (χ4n) is 4.37. The van der Waals surface area contributed by atoms with Crippen molar-refractivity contribution in [3.05, 3.63) is 29.8 Å². The van der Waals surface area contributed by atoms with E-state index >= 15 is 0 Å². The van der Waals surface area contributed by atoms with Crippen molar-refractivity contribution in [2.24, 2.45) is 0 Å². The van der Waals surface area contributed by atoms with Gasteiger partial charge in [0.05, 0.1) is 40.0 Å². The van der Waals surface area contributed by atoms with Crippen LogP contribution in [-0.2, 0) is 36.1 Å². The lowest BCUT2D eigenvalue weighted by atomic mass is 10.0. The fourth-order valence-corrected chi connectivity index (χ4v) is 10.3. The molecule has 4 rings (SSSR count). The van der Waals surface area contributed by atoms with Gasteiger partial charge >= 0.3 is 0 Å². The van der Waals surface area contributed by atoms with Gasteiger partial charge in [0, 0.05) is 12.1 Å². The van der Waals surface area contributed by atoms with E-state index in [0.717, 1.165) is 12.0 Å². The van der Waals surface area contributed by atoms with Gasteiger partial charge in [-0.05, 0) is 24.1 Å². The van der Waals surface area contributed by atoms with Gasteiger partial charge in [0.2, 0.25) is 10.0 Å². The van der Waals surface area contributed by atoms with Crippen LogP contribution in [0.1, 0.15) is 12.5 Å². The Bertz CT molecular complexity index is 1020. The molecule has 1 N–H and O–H groups in total. The summed E-state index contributed by atoms with van der Waals surface area (Å²) >= 11 is 0. The summed E-state index contributed by atoms with van der Waals surface area (Å²) in [6.45, 7) is 1.96. The predicted molar refractivity (Wildman–Crippen MR) is 100 cm³/mol. The summed E-state index contributed by atoms with van der Waals surface area (Å²) < 4.78 is 76.6. The minimum atomic E-state index is -4.03. The highest BCUT2D eigenvalue weighted by Crippen LogP contribution is 2.35. The van der Waals surface area contributed by atoms with E-state index in [2.05, 4.69) is 5.32 Å². The van der Waals surface area contributed by atoms with Crippen LogP contribution in [0.25, 0.3) is 0 Å². The second-order valence-corrected chi connectivity index (χ2v) is 13.7. The number of hydrogen-bond donors (Lipinski definition) is 1. The number of benzene rings is 1. The highest BCUT2D eigenvalue weighted by molar-refractivity contribution is 7.92. The SMILES string of the molecule is CCc1ccc(S(=O)(=O)N2[C@@H]3CS(=O)(=O)C[C@@H]3N[C@@H]3CS(=O)(=O)C[C@@H]32)cc1. The smallest absolute Gasteiger partial charge is 0.243 e. The first-order valence-electron chi connectivity index (χ1n) is 8.82. The van der Waals surface area contributed by atoms with Crippen LogP contribution >= 0.6 is 0 Å². The fraction of sp³-hybridized carbons (Fsp3) is 0.625. The molecule has 0 saturated carbocycles. The van der Waals surface area contributed by atoms with E-state index in [4.69, 9.17) is 0 Å². The van der Waals surface area contributed by atoms with Gasteiger partial charge in [-0.3, -0.25) is 0 Å². The molecule has 11 heteroatoms. The number of piperazine rings is 1. The number of nitrogens with zero attached hydrogens (tertiary/aromatic N) is 1. The molecule has 4 atom stereocenters. The molecule has 0 radical (unpaired) electrons. The van der Waals surface area contributed by atoms with Crippen molar-refractivity contribution in [2.75, 3.05) is 23.0 Å². The highest BCUT2D eigenvalue weighted by Gasteiger charge is 2.57. The van der Waals surface area contributed by atoms with Crippen molar-refractivity contribution in [1.29, 1.82) is 0 Å². The molecule has 27 heavy (non-hydrogen) atoms. The molecule has 3 aliphatic heterocycles. The molecule has 0 aromatic heterocycles. The van der Waals surface area contributed by atoms with Gasteiger partial charge in [0.15, 0.2) is 19.7 Å². The van der Waals surface area contributed by atoms with E-state index in [1.54, 1.807) is 12.1 Å². The first-order chi connectivity index (χ1) is 12.5. The molecule has 0 spiro atoms. The number of rotatable bonds is 3. The molecule has 1 aromatic rings. The van der Waals surface area contributed by atoms with Gasteiger partial charge in [-0.15, -0.1) is 0 Å². The number of fused-ring (bicyclic) bond motifs is 2. The predicted octanol–water partition coefficient (Wildman–Crippen LogP) is -0.826. The molecule has 8 nitrogen and oxygen atoms in total. The lowest BCUT2D eigenvalue weighted by molar-refractivity contribution is 0.160. The van der Waals surface area contributed by atoms with Crippen LogP contribution in [0.15, 0.2) is 29.2 Å². The zero-order chi connectivity index (χ0) is 19.6. The average Bonchev–Trinajstić information content (AvgIpc) is 3.04. The van der Waals surface area contributed by atoms with Gasteiger partial charge in [0.25, 0.3) is 0 Å². The van der Waals surface area contributed by atoms with Crippen molar-refractivity contribution in [3.63, 3.8) is 0 Å². The first-order valence-corrected chi connectivity index (χ1v) is 13.9. The molecule has 0 unspecified atom stereocenters. The lowest BCUT2D eigenvalue weighted by Gasteiger charge is -2.43. The Hall–Kier alpha value is -1.01. The maximum atomic E-state index is 13.4. The summed E-state index contributed by atoms with van der Waals surface area (Å²) in [7, 11) is -10.8. The molecular formula is C16H22N2O6S3. The summed E-state index contributed by atoms with van der Waals surface area (Å²) in [6.07, 6.45) is 0.764. The Morgan fingerprint density at radius 3 is 1.85 bits per heavy atom. The van der Waals surface area contributed by atoms with Crippen molar-refractivity contribution in [1.82, 2.24) is 9.62 Å². The lowest BCUT2D eigenvalue weighted by Crippen LogP contribution is -2.67. The Labute approximate surface area is 159 Å². The van der Waals surface area contributed by atoms with Crippen LogP contribution in [0.3, 0.4) is 0 Å². The monoisotopic (exact) mass is 434 g/mol. The van der Waals surface area contributed by atoms with Gasteiger partial charge in [-0.25, -0.2) is 25.3 Å². The van der Waals surface area contributed by atoms with Gasteiger partial charge in [-0.1, -0.05) is 19.1 Å². The van der Waals surface area contributed by atoms with Gasteiger partial charge < -0.3 is 5.32 Å². The van der Waals surface area contributed by atoms with E-state index in [1.807, 2.05) is 6.92 Å². The minimum Gasteiger partial charge on any atom is -0.306 e. The molecule has 0 bridgehead atoms. The van der Waals surface area contributed by atoms with E-state index in [9.17, 15) is 25.3 Å². The largest absolute Gasteiger partial charge is 0.306 e. The average molecular weight is 435 g/mol. The summed E-state index contributed by atoms with van der Waals surface area (Å²) in [6, 6.07) is 3.70. The van der Waals surface area contributed by atoms with E-state index in [1.165, 1.54) is 16.4 Å². The molecule has 3 heterocycles. The third-order valence-electron chi connectivity index (χ3n) is 5.63. The molecular weight excluding hydrogens is 412 g/mol.